The molecular weight excluding hydrogens is 272 g/mol. The van der Waals surface area contributed by atoms with E-state index in [1.165, 1.54) is 27.6 Å². The first-order chi connectivity index (χ1) is 10.8. The number of hydrogen-bond acceptors (Lipinski definition) is 2. The van der Waals surface area contributed by atoms with E-state index in [0.29, 0.717) is 0 Å². The number of aldehydes is 1. The van der Waals surface area contributed by atoms with Crippen molar-refractivity contribution in [3.8, 4) is 0 Å². The largest absolute Gasteiger partial charge is 0.361 e. The summed E-state index contributed by atoms with van der Waals surface area (Å²) < 4.78 is 0. The van der Waals surface area contributed by atoms with Crippen molar-refractivity contribution in [1.82, 2.24) is 10.3 Å². The minimum atomic E-state index is -0.0410. The number of hydrogen-bond donors (Lipinski definition) is 2. The van der Waals surface area contributed by atoms with E-state index >= 15 is 0 Å². The molecule has 0 aliphatic heterocycles. The molecule has 0 radical (unpaired) electrons. The summed E-state index contributed by atoms with van der Waals surface area (Å²) in [5.41, 5.74) is 5.17. The molecule has 22 heavy (non-hydrogen) atoms. The Bertz CT molecular complexity index is 654. The molecule has 3 heteroatoms. The first kappa shape index (κ1) is 16.5. The van der Waals surface area contributed by atoms with Crippen LogP contribution in [0.5, 0.6) is 0 Å². The molecule has 1 aromatic carbocycles. The summed E-state index contributed by atoms with van der Waals surface area (Å²) in [5, 5.41) is 4.58. The summed E-state index contributed by atoms with van der Waals surface area (Å²) >= 11 is 0. The molecule has 2 N–H and O–H groups in total. The number of allylic oxidation sites excluding steroid dienone is 1. The van der Waals surface area contributed by atoms with E-state index in [1.807, 2.05) is 13.8 Å². The van der Waals surface area contributed by atoms with Gasteiger partial charge in [-0.1, -0.05) is 39.0 Å². The number of carbonyl (C=O) groups is 1. The molecule has 1 aliphatic rings. The highest BCUT2D eigenvalue weighted by Gasteiger charge is 2.18. The summed E-state index contributed by atoms with van der Waals surface area (Å²) in [7, 11) is 0. The quantitative estimate of drug-likeness (QED) is 0.821. The van der Waals surface area contributed by atoms with E-state index in [9.17, 15) is 4.79 Å². The van der Waals surface area contributed by atoms with Gasteiger partial charge >= 0.3 is 0 Å². The van der Waals surface area contributed by atoms with Gasteiger partial charge in [0.25, 0.3) is 0 Å². The zero-order chi connectivity index (χ0) is 15.9. The van der Waals surface area contributed by atoms with Gasteiger partial charge in [-0.25, -0.2) is 0 Å². The van der Waals surface area contributed by atoms with Crippen LogP contribution in [0.4, 0.5) is 0 Å². The third-order valence-corrected chi connectivity index (χ3v) is 4.02. The molecule has 1 aliphatic carbocycles. The fourth-order valence-electron chi connectivity index (χ4n) is 3.01. The van der Waals surface area contributed by atoms with E-state index < -0.39 is 0 Å². The average molecular weight is 298 g/mol. The zero-order valence-corrected chi connectivity index (χ0v) is 13.8. The van der Waals surface area contributed by atoms with Gasteiger partial charge < -0.3 is 15.1 Å². The van der Waals surface area contributed by atoms with Gasteiger partial charge in [-0.3, -0.25) is 0 Å². The Morgan fingerprint density at radius 1 is 1.32 bits per heavy atom. The van der Waals surface area contributed by atoms with Gasteiger partial charge in [0.15, 0.2) is 0 Å². The highest BCUT2D eigenvalue weighted by Crippen LogP contribution is 2.36. The van der Waals surface area contributed by atoms with Crippen molar-refractivity contribution < 1.29 is 4.79 Å². The van der Waals surface area contributed by atoms with Crippen molar-refractivity contribution in [2.75, 3.05) is 13.1 Å². The van der Waals surface area contributed by atoms with Crippen molar-refractivity contribution in [3.05, 3.63) is 41.6 Å². The predicted octanol–water partition coefficient (Wildman–Crippen LogP) is 3.95. The van der Waals surface area contributed by atoms with Crippen molar-refractivity contribution in [2.24, 2.45) is 5.92 Å². The van der Waals surface area contributed by atoms with Crippen LogP contribution in [-0.4, -0.2) is 24.4 Å². The Hall–Kier alpha value is -1.87. The SMILES string of the molecule is CC.CCNCC(C=O)/C=C1\CCc2c[nH]c3cccc1c23. The van der Waals surface area contributed by atoms with Crippen LogP contribution in [0.15, 0.2) is 30.5 Å². The van der Waals surface area contributed by atoms with Gasteiger partial charge in [-0.05, 0) is 42.2 Å². The Labute approximate surface area is 132 Å². The molecule has 1 atom stereocenters. The van der Waals surface area contributed by atoms with Crippen LogP contribution in [0.1, 0.15) is 38.3 Å². The van der Waals surface area contributed by atoms with Crippen LogP contribution in [0, 0.1) is 5.92 Å². The fraction of sp³-hybridized carbons (Fsp3) is 0.421. The van der Waals surface area contributed by atoms with E-state index in [0.717, 1.165) is 32.2 Å². The normalized spacial score (nSPS) is 16.2. The van der Waals surface area contributed by atoms with Crippen LogP contribution < -0.4 is 5.32 Å². The summed E-state index contributed by atoms with van der Waals surface area (Å²) in [6.45, 7) is 7.67. The fourth-order valence-corrected chi connectivity index (χ4v) is 3.01. The Morgan fingerprint density at radius 2 is 2.14 bits per heavy atom. The van der Waals surface area contributed by atoms with Crippen LogP contribution in [-0.2, 0) is 11.2 Å². The Kier molecular flexibility index (Phi) is 5.96. The number of rotatable bonds is 5. The lowest BCUT2D eigenvalue weighted by Gasteiger charge is -2.18. The highest BCUT2D eigenvalue weighted by atomic mass is 16.1. The number of aromatic amines is 1. The van der Waals surface area contributed by atoms with Gasteiger partial charge in [0, 0.05) is 29.6 Å². The molecule has 2 aromatic rings. The number of H-pyrrole nitrogens is 1. The molecule has 0 saturated carbocycles. The van der Waals surface area contributed by atoms with Crippen LogP contribution in [0.25, 0.3) is 16.5 Å². The second-order valence-corrected chi connectivity index (χ2v) is 5.34. The molecule has 3 nitrogen and oxygen atoms in total. The molecule has 1 aromatic heterocycles. The average Bonchev–Trinajstić information content (AvgIpc) is 3.00. The molecule has 1 heterocycles. The molecule has 0 fully saturated rings. The molecule has 3 rings (SSSR count). The number of benzene rings is 1. The summed E-state index contributed by atoms with van der Waals surface area (Å²) in [4.78, 5) is 14.6. The van der Waals surface area contributed by atoms with E-state index in [-0.39, 0.29) is 5.92 Å². The lowest BCUT2D eigenvalue weighted by molar-refractivity contribution is -0.109. The van der Waals surface area contributed by atoms with Gasteiger partial charge in [0.05, 0.1) is 0 Å². The standard InChI is InChI=1S/C17H20N2O.C2H6/c1-2-18-9-12(11-20)8-13-6-7-14-10-19-16-5-3-4-15(13)17(14)16;1-2/h3-5,8,10-12,18-19H,2,6-7,9H2,1H3;1-2H3/b13-8+;. The third kappa shape index (κ3) is 3.30. The zero-order valence-electron chi connectivity index (χ0n) is 13.8. The van der Waals surface area contributed by atoms with Crippen LogP contribution in [0.2, 0.25) is 0 Å². The van der Waals surface area contributed by atoms with Crippen LogP contribution in [0.3, 0.4) is 0 Å². The lowest BCUT2D eigenvalue weighted by atomic mass is 9.87. The molecule has 0 amide bonds. The van der Waals surface area contributed by atoms with E-state index in [4.69, 9.17) is 0 Å². The molecule has 1 unspecified atom stereocenters. The van der Waals surface area contributed by atoms with Crippen LogP contribution >= 0.6 is 0 Å². The van der Waals surface area contributed by atoms with Gasteiger partial charge in [0.1, 0.15) is 6.29 Å². The smallest absolute Gasteiger partial charge is 0.128 e. The van der Waals surface area contributed by atoms with Crippen molar-refractivity contribution in [1.29, 1.82) is 0 Å². The van der Waals surface area contributed by atoms with Crippen molar-refractivity contribution in [3.63, 3.8) is 0 Å². The molecular formula is C19H26N2O. The second-order valence-electron chi connectivity index (χ2n) is 5.34. The first-order valence-corrected chi connectivity index (χ1v) is 8.29. The maximum atomic E-state index is 11.2. The summed E-state index contributed by atoms with van der Waals surface area (Å²) in [5.74, 6) is -0.0410. The monoisotopic (exact) mass is 298 g/mol. The molecule has 0 bridgehead atoms. The molecule has 118 valence electrons. The number of aryl methyl sites for hydroxylation is 1. The second kappa shape index (κ2) is 7.95. The summed E-state index contributed by atoms with van der Waals surface area (Å²) in [6.07, 6.45) is 7.36. The van der Waals surface area contributed by atoms with Crippen molar-refractivity contribution in [2.45, 2.75) is 33.6 Å². The first-order valence-electron chi connectivity index (χ1n) is 8.29. The number of nitrogens with one attached hydrogen (secondary N) is 2. The van der Waals surface area contributed by atoms with Gasteiger partial charge in [-0.15, -0.1) is 0 Å². The summed E-state index contributed by atoms with van der Waals surface area (Å²) in [6, 6.07) is 6.36. The topological polar surface area (TPSA) is 44.9 Å². The van der Waals surface area contributed by atoms with Crippen molar-refractivity contribution >= 4 is 22.8 Å². The predicted molar refractivity (Wildman–Crippen MR) is 94.0 cm³/mol. The van der Waals surface area contributed by atoms with E-state index in [2.05, 4.69) is 47.7 Å². The lowest BCUT2D eigenvalue weighted by Crippen LogP contribution is -2.22. The van der Waals surface area contributed by atoms with Gasteiger partial charge in [0.2, 0.25) is 0 Å². The Morgan fingerprint density at radius 3 is 2.86 bits per heavy atom. The molecule has 0 spiro atoms. The maximum absolute atomic E-state index is 11.2. The number of aromatic nitrogens is 1. The molecule has 0 saturated heterocycles. The minimum absolute atomic E-state index is 0.0410. The minimum Gasteiger partial charge on any atom is -0.361 e. The van der Waals surface area contributed by atoms with E-state index in [1.54, 1.807) is 0 Å². The number of carbonyl (C=O) groups excluding carboxylic acids is 1. The highest BCUT2D eigenvalue weighted by molar-refractivity contribution is 5.97. The van der Waals surface area contributed by atoms with Gasteiger partial charge in [-0.2, -0.15) is 0 Å². The third-order valence-electron chi connectivity index (χ3n) is 4.02. The maximum Gasteiger partial charge on any atom is 0.128 e. The Balaban J connectivity index is 0.000000847.